The van der Waals surface area contributed by atoms with Gasteiger partial charge in [0.25, 0.3) is 0 Å². The van der Waals surface area contributed by atoms with Crippen molar-refractivity contribution in [3.8, 4) is 0 Å². The van der Waals surface area contributed by atoms with Crippen molar-refractivity contribution in [1.29, 1.82) is 0 Å². The Morgan fingerprint density at radius 2 is 2.33 bits per heavy atom. The Morgan fingerprint density at radius 1 is 1.60 bits per heavy atom. The Hall–Kier alpha value is -1.52. The monoisotopic (exact) mass is 213 g/mol. The maximum absolute atomic E-state index is 11.1. The molecule has 0 aromatic carbocycles. The van der Waals surface area contributed by atoms with Crippen molar-refractivity contribution in [2.75, 3.05) is 6.61 Å². The van der Waals surface area contributed by atoms with Crippen LogP contribution in [0.2, 0.25) is 0 Å². The minimum Gasteiger partial charge on any atom is -0.470 e. The maximum atomic E-state index is 11.1. The second-order valence-corrected chi connectivity index (χ2v) is 3.01. The zero-order chi connectivity index (χ0) is 11.3. The lowest BCUT2D eigenvalue weighted by Gasteiger charge is -2.18. The summed E-state index contributed by atoms with van der Waals surface area (Å²) in [5, 5.41) is 0. The SMILES string of the molecule is C=C(CC)C1OC=NC1OC(=O)OCC. The normalized spacial score (nSPS) is 23.3. The van der Waals surface area contributed by atoms with Crippen LogP contribution >= 0.6 is 0 Å². The largest absolute Gasteiger partial charge is 0.510 e. The summed E-state index contributed by atoms with van der Waals surface area (Å²) >= 11 is 0. The highest BCUT2D eigenvalue weighted by Crippen LogP contribution is 2.20. The molecular formula is C10H15NO4. The molecule has 0 radical (unpaired) electrons. The maximum Gasteiger partial charge on any atom is 0.510 e. The summed E-state index contributed by atoms with van der Waals surface area (Å²) in [5.74, 6) is 0. The molecule has 0 fully saturated rings. The number of hydrogen-bond acceptors (Lipinski definition) is 5. The molecule has 0 N–H and O–H groups in total. The first-order chi connectivity index (χ1) is 7.19. The van der Waals surface area contributed by atoms with Gasteiger partial charge in [0.05, 0.1) is 6.61 Å². The van der Waals surface area contributed by atoms with E-state index in [4.69, 9.17) is 9.47 Å². The summed E-state index contributed by atoms with van der Waals surface area (Å²) in [6.45, 7) is 7.75. The van der Waals surface area contributed by atoms with Crippen LogP contribution in [-0.4, -0.2) is 31.5 Å². The molecule has 1 heterocycles. The summed E-state index contributed by atoms with van der Waals surface area (Å²) in [5.41, 5.74) is 0.835. The van der Waals surface area contributed by atoms with Crippen molar-refractivity contribution in [2.24, 2.45) is 4.99 Å². The minimum atomic E-state index is -0.737. The van der Waals surface area contributed by atoms with Gasteiger partial charge in [-0.05, 0) is 18.9 Å². The molecular weight excluding hydrogens is 198 g/mol. The van der Waals surface area contributed by atoms with Crippen LogP contribution in [0.4, 0.5) is 4.79 Å². The third kappa shape index (κ3) is 2.97. The topological polar surface area (TPSA) is 57.1 Å². The lowest BCUT2D eigenvalue weighted by atomic mass is 10.1. The van der Waals surface area contributed by atoms with Crippen molar-refractivity contribution < 1.29 is 19.0 Å². The Kier molecular flexibility index (Phi) is 4.15. The van der Waals surface area contributed by atoms with Crippen molar-refractivity contribution in [1.82, 2.24) is 0 Å². The first kappa shape index (κ1) is 11.6. The van der Waals surface area contributed by atoms with Gasteiger partial charge in [0, 0.05) is 0 Å². The van der Waals surface area contributed by atoms with Gasteiger partial charge in [-0.15, -0.1) is 0 Å². The third-order valence-electron chi connectivity index (χ3n) is 2.01. The Morgan fingerprint density at radius 3 is 2.93 bits per heavy atom. The quantitative estimate of drug-likeness (QED) is 0.528. The first-order valence-electron chi connectivity index (χ1n) is 4.87. The van der Waals surface area contributed by atoms with Crippen molar-refractivity contribution in [2.45, 2.75) is 32.6 Å². The predicted octanol–water partition coefficient (Wildman–Crippen LogP) is 1.88. The number of ether oxygens (including phenoxy) is 3. The van der Waals surface area contributed by atoms with Crippen LogP contribution in [0.25, 0.3) is 0 Å². The minimum absolute atomic E-state index is 0.273. The number of carbonyl (C=O) groups excluding carboxylic acids is 1. The first-order valence-corrected chi connectivity index (χ1v) is 4.87. The number of aliphatic imine (C=N–C) groups is 1. The van der Waals surface area contributed by atoms with Crippen LogP contribution in [0.1, 0.15) is 20.3 Å². The number of nitrogens with zero attached hydrogens (tertiary/aromatic N) is 1. The van der Waals surface area contributed by atoms with Gasteiger partial charge in [0.15, 0.2) is 12.5 Å². The number of carbonyl (C=O) groups is 1. The van der Waals surface area contributed by atoms with Gasteiger partial charge in [-0.3, -0.25) is 0 Å². The van der Waals surface area contributed by atoms with Gasteiger partial charge in [-0.2, -0.15) is 0 Å². The van der Waals surface area contributed by atoms with E-state index < -0.39 is 12.4 Å². The van der Waals surface area contributed by atoms with Gasteiger partial charge >= 0.3 is 6.16 Å². The standard InChI is InChI=1S/C10H15NO4/c1-4-7(3)8-9(11-6-14-8)15-10(12)13-5-2/h6,8-9H,3-5H2,1-2H3. The number of hydrogen-bond donors (Lipinski definition) is 0. The molecule has 0 aromatic heterocycles. The van der Waals surface area contributed by atoms with Crippen LogP contribution in [0.5, 0.6) is 0 Å². The van der Waals surface area contributed by atoms with E-state index in [0.29, 0.717) is 0 Å². The molecule has 0 bridgehead atoms. The van der Waals surface area contributed by atoms with Crippen LogP contribution < -0.4 is 0 Å². The van der Waals surface area contributed by atoms with Gasteiger partial charge in [0.1, 0.15) is 0 Å². The van der Waals surface area contributed by atoms with E-state index in [-0.39, 0.29) is 12.7 Å². The molecule has 1 rings (SSSR count). The average molecular weight is 213 g/mol. The molecule has 1 aliphatic rings. The van der Waals surface area contributed by atoms with E-state index in [0.717, 1.165) is 12.0 Å². The zero-order valence-corrected chi connectivity index (χ0v) is 8.93. The Balaban J connectivity index is 2.49. The smallest absolute Gasteiger partial charge is 0.470 e. The zero-order valence-electron chi connectivity index (χ0n) is 8.93. The van der Waals surface area contributed by atoms with E-state index >= 15 is 0 Å². The molecule has 15 heavy (non-hydrogen) atoms. The van der Waals surface area contributed by atoms with Crippen LogP contribution in [0, 0.1) is 0 Å². The van der Waals surface area contributed by atoms with Crippen molar-refractivity contribution in [3.05, 3.63) is 12.2 Å². The van der Waals surface area contributed by atoms with Crippen LogP contribution in [0.3, 0.4) is 0 Å². The van der Waals surface area contributed by atoms with Crippen LogP contribution in [-0.2, 0) is 14.2 Å². The second kappa shape index (κ2) is 5.38. The van der Waals surface area contributed by atoms with E-state index in [1.165, 1.54) is 6.40 Å². The lowest BCUT2D eigenvalue weighted by Crippen LogP contribution is -2.29. The lowest BCUT2D eigenvalue weighted by molar-refractivity contribution is 0.00341. The van der Waals surface area contributed by atoms with Gasteiger partial charge in [-0.25, -0.2) is 9.79 Å². The highest BCUT2D eigenvalue weighted by Gasteiger charge is 2.31. The summed E-state index contributed by atoms with van der Waals surface area (Å²) < 4.78 is 14.8. The molecule has 2 unspecified atom stereocenters. The Labute approximate surface area is 88.7 Å². The molecule has 5 heteroatoms. The molecule has 5 nitrogen and oxygen atoms in total. The molecule has 84 valence electrons. The van der Waals surface area contributed by atoms with Crippen LogP contribution in [0.15, 0.2) is 17.1 Å². The second-order valence-electron chi connectivity index (χ2n) is 3.01. The molecule has 0 amide bonds. The van der Waals surface area contributed by atoms with Gasteiger partial charge in [-0.1, -0.05) is 13.5 Å². The molecule has 1 aliphatic heterocycles. The molecule has 0 aliphatic carbocycles. The van der Waals surface area contributed by atoms with E-state index in [1.807, 2.05) is 6.92 Å². The summed E-state index contributed by atoms with van der Waals surface area (Å²) in [4.78, 5) is 14.9. The molecule has 0 aromatic rings. The summed E-state index contributed by atoms with van der Waals surface area (Å²) in [6, 6.07) is 0. The van der Waals surface area contributed by atoms with E-state index in [1.54, 1.807) is 6.92 Å². The summed E-state index contributed by atoms with van der Waals surface area (Å²) in [7, 11) is 0. The van der Waals surface area contributed by atoms with Gasteiger partial charge in [0.2, 0.25) is 6.23 Å². The number of rotatable bonds is 4. The average Bonchev–Trinajstić information content (AvgIpc) is 2.65. The highest BCUT2D eigenvalue weighted by molar-refractivity contribution is 5.61. The van der Waals surface area contributed by atoms with Crippen molar-refractivity contribution in [3.63, 3.8) is 0 Å². The fraction of sp³-hybridized carbons (Fsp3) is 0.600. The summed E-state index contributed by atoms with van der Waals surface area (Å²) in [6.07, 6.45) is 0.224. The third-order valence-corrected chi connectivity index (χ3v) is 2.01. The fourth-order valence-corrected chi connectivity index (χ4v) is 1.15. The Bertz CT molecular complexity index is 275. The highest BCUT2D eigenvalue weighted by atomic mass is 16.7. The molecule has 0 saturated carbocycles. The molecule has 0 saturated heterocycles. The van der Waals surface area contributed by atoms with E-state index in [9.17, 15) is 4.79 Å². The predicted molar refractivity (Wildman–Crippen MR) is 54.7 cm³/mol. The fourth-order valence-electron chi connectivity index (χ4n) is 1.15. The van der Waals surface area contributed by atoms with Crippen molar-refractivity contribution >= 4 is 12.6 Å². The molecule has 0 spiro atoms. The molecule has 2 atom stereocenters. The van der Waals surface area contributed by atoms with Gasteiger partial charge < -0.3 is 14.2 Å². The van der Waals surface area contributed by atoms with E-state index in [2.05, 4.69) is 16.3 Å².